The van der Waals surface area contributed by atoms with E-state index in [2.05, 4.69) is 81.1 Å². The summed E-state index contributed by atoms with van der Waals surface area (Å²) in [5.41, 5.74) is 10.1. The number of nitrogens with zero attached hydrogens (tertiary/aromatic N) is 5. The Morgan fingerprint density at radius 2 is 1.91 bits per heavy atom. The normalized spacial score (nSPS) is 12.8. The summed E-state index contributed by atoms with van der Waals surface area (Å²) in [5.74, 6) is 4.49. The van der Waals surface area contributed by atoms with Crippen molar-refractivity contribution >= 4 is 13.8 Å². The quantitative estimate of drug-likeness (QED) is 0.322. The molecule has 0 atom stereocenters. The van der Waals surface area contributed by atoms with E-state index in [1.807, 2.05) is 31.5 Å². The van der Waals surface area contributed by atoms with Gasteiger partial charge in [0.15, 0.2) is 11.5 Å². The average molecular weight is 452 g/mol. The monoisotopic (exact) mass is 451 g/mol. The van der Waals surface area contributed by atoms with Gasteiger partial charge in [-0.2, -0.15) is 4.98 Å². The molecule has 1 aliphatic heterocycles. The second-order valence-electron chi connectivity index (χ2n) is 9.04. The van der Waals surface area contributed by atoms with Crippen LogP contribution in [-0.2, 0) is 13.0 Å². The summed E-state index contributed by atoms with van der Waals surface area (Å²) in [6, 6.07) is 16.6. The number of aromatic nitrogens is 4. The van der Waals surface area contributed by atoms with Crippen molar-refractivity contribution in [3.05, 3.63) is 83.1 Å². The predicted octanol–water partition coefficient (Wildman–Crippen LogP) is 5.06. The zero-order chi connectivity index (χ0) is 23.0. The molecule has 0 saturated carbocycles. The van der Waals surface area contributed by atoms with Gasteiger partial charge in [-0.1, -0.05) is 68.0 Å². The first-order valence-corrected chi connectivity index (χ1v) is 14.6. The minimum absolute atomic E-state index is 0.429. The molecule has 1 aliphatic rings. The molecule has 2 aromatic carbocycles. The summed E-state index contributed by atoms with van der Waals surface area (Å²) in [4.78, 5) is 14.1. The maximum absolute atomic E-state index is 5.49. The fourth-order valence-corrected chi connectivity index (χ4v) is 4.28. The summed E-state index contributed by atoms with van der Waals surface area (Å²) in [6.07, 6.45) is 2.52. The van der Waals surface area contributed by atoms with Gasteiger partial charge in [-0.05, 0) is 18.2 Å². The molecule has 0 amide bonds. The van der Waals surface area contributed by atoms with Crippen molar-refractivity contribution in [3.63, 3.8) is 0 Å². The van der Waals surface area contributed by atoms with Crippen molar-refractivity contribution in [2.24, 2.45) is 4.99 Å². The molecule has 0 bridgehead atoms. The van der Waals surface area contributed by atoms with Crippen LogP contribution in [0.4, 0.5) is 0 Å². The number of hydrogen-bond donors (Lipinski definition) is 0. The van der Waals surface area contributed by atoms with Crippen LogP contribution in [0, 0.1) is 11.5 Å². The highest BCUT2D eigenvalue weighted by Crippen LogP contribution is 2.31. The third kappa shape index (κ3) is 4.17. The van der Waals surface area contributed by atoms with E-state index in [-0.39, 0.29) is 0 Å². The second kappa shape index (κ2) is 8.30. The fourth-order valence-electron chi connectivity index (χ4n) is 3.76. The Morgan fingerprint density at radius 1 is 1.09 bits per heavy atom. The van der Waals surface area contributed by atoms with E-state index in [0.717, 1.165) is 33.8 Å². The molecular weight excluding hydrogens is 426 g/mol. The fraction of sp³-hybridized carbons (Fsp3) is 0.231. The Balaban J connectivity index is 1.69. The Kier molecular flexibility index (Phi) is 5.31. The van der Waals surface area contributed by atoms with Gasteiger partial charge in [0.25, 0.3) is 5.89 Å². The second-order valence-corrected chi connectivity index (χ2v) is 13.8. The molecule has 0 saturated heterocycles. The Morgan fingerprint density at radius 3 is 2.64 bits per heavy atom. The number of imidazole rings is 1. The van der Waals surface area contributed by atoms with Crippen LogP contribution in [0.3, 0.4) is 0 Å². The molecule has 0 fully saturated rings. The molecule has 0 N–H and O–H groups in total. The lowest BCUT2D eigenvalue weighted by molar-refractivity contribution is 0.422. The first kappa shape index (κ1) is 21.1. The number of aliphatic imine (C=N–C) groups is 1. The van der Waals surface area contributed by atoms with Crippen molar-refractivity contribution in [3.8, 4) is 28.7 Å². The van der Waals surface area contributed by atoms with Crippen LogP contribution < -0.4 is 0 Å². The number of aryl methyl sites for hydroxylation is 1. The van der Waals surface area contributed by atoms with Crippen LogP contribution in [-0.4, -0.2) is 33.5 Å². The molecule has 0 spiro atoms. The zero-order valence-electron chi connectivity index (χ0n) is 19.3. The zero-order valence-corrected chi connectivity index (χ0v) is 20.3. The number of fused-ring (bicyclic) bond motifs is 3. The molecule has 6 nitrogen and oxygen atoms in total. The van der Waals surface area contributed by atoms with Crippen molar-refractivity contribution in [1.82, 2.24) is 19.7 Å². The van der Waals surface area contributed by atoms with E-state index in [0.29, 0.717) is 30.4 Å². The van der Waals surface area contributed by atoms with E-state index in [9.17, 15) is 0 Å². The molecule has 2 aromatic heterocycles. The van der Waals surface area contributed by atoms with Crippen molar-refractivity contribution < 1.29 is 4.52 Å². The van der Waals surface area contributed by atoms with Crippen LogP contribution >= 0.6 is 0 Å². The topological polar surface area (TPSA) is 69.1 Å². The molecule has 164 valence electrons. The number of rotatable bonds is 3. The molecule has 0 unspecified atom stereocenters. The highest BCUT2D eigenvalue weighted by Gasteiger charge is 2.25. The van der Waals surface area contributed by atoms with E-state index in [4.69, 9.17) is 9.52 Å². The van der Waals surface area contributed by atoms with Crippen LogP contribution in [0.15, 0.2) is 64.4 Å². The number of hydrogen-bond acceptors (Lipinski definition) is 5. The Labute approximate surface area is 194 Å². The van der Waals surface area contributed by atoms with Gasteiger partial charge in [-0.25, -0.2) is 4.98 Å². The van der Waals surface area contributed by atoms with Gasteiger partial charge in [0, 0.05) is 23.1 Å². The Hall–Kier alpha value is -3.76. The van der Waals surface area contributed by atoms with Crippen molar-refractivity contribution in [2.75, 3.05) is 0 Å². The largest absolute Gasteiger partial charge is 0.332 e. The van der Waals surface area contributed by atoms with E-state index in [1.54, 1.807) is 0 Å². The highest BCUT2D eigenvalue weighted by molar-refractivity contribution is 6.83. The SMILES string of the molecule is CCc1noc(-c2ncn3c2CN=C(c2ccccc2)c2cc(C#C[Si](C)(C)C)ccc2-3)n1. The summed E-state index contributed by atoms with van der Waals surface area (Å²) >= 11 is 0. The van der Waals surface area contributed by atoms with Crippen LogP contribution in [0.25, 0.3) is 17.3 Å². The predicted molar refractivity (Wildman–Crippen MR) is 132 cm³/mol. The highest BCUT2D eigenvalue weighted by atomic mass is 28.3. The molecule has 3 heterocycles. The third-order valence-corrected chi connectivity index (χ3v) is 6.26. The first-order chi connectivity index (χ1) is 15.9. The van der Waals surface area contributed by atoms with Crippen LogP contribution in [0.2, 0.25) is 19.6 Å². The van der Waals surface area contributed by atoms with Gasteiger partial charge in [-0.15, -0.1) is 5.54 Å². The number of benzene rings is 2. The molecule has 7 heteroatoms. The maximum atomic E-state index is 5.49. The molecule has 0 radical (unpaired) electrons. The lowest BCUT2D eigenvalue weighted by Crippen LogP contribution is -2.16. The van der Waals surface area contributed by atoms with Crippen molar-refractivity contribution in [2.45, 2.75) is 39.5 Å². The minimum atomic E-state index is -1.49. The average Bonchev–Trinajstić information content (AvgIpc) is 3.42. The van der Waals surface area contributed by atoms with Crippen molar-refractivity contribution in [1.29, 1.82) is 0 Å². The van der Waals surface area contributed by atoms with E-state index < -0.39 is 8.07 Å². The lowest BCUT2D eigenvalue weighted by atomic mass is 9.98. The molecule has 5 rings (SSSR count). The van der Waals surface area contributed by atoms with Gasteiger partial charge >= 0.3 is 0 Å². The minimum Gasteiger partial charge on any atom is -0.332 e. The molecule has 4 aromatic rings. The van der Waals surface area contributed by atoms with E-state index in [1.165, 1.54) is 0 Å². The molecular formula is C26H25N5OSi. The van der Waals surface area contributed by atoms with E-state index >= 15 is 0 Å². The molecule has 33 heavy (non-hydrogen) atoms. The van der Waals surface area contributed by atoms with Gasteiger partial charge in [0.2, 0.25) is 0 Å². The van der Waals surface area contributed by atoms with Gasteiger partial charge in [-0.3, -0.25) is 9.56 Å². The summed E-state index contributed by atoms with van der Waals surface area (Å²) in [6.45, 7) is 9.20. The smallest absolute Gasteiger partial charge is 0.278 e. The summed E-state index contributed by atoms with van der Waals surface area (Å²) < 4.78 is 7.57. The first-order valence-electron chi connectivity index (χ1n) is 11.1. The summed E-state index contributed by atoms with van der Waals surface area (Å²) in [7, 11) is -1.49. The Bertz CT molecular complexity index is 1410. The standard InChI is InChI=1S/C26H25N5OSi/c1-5-23-29-26(32-30-23)25-22-16-27-24(19-9-7-6-8-10-19)20-15-18(13-14-33(2,3)4)11-12-21(20)31(22)17-28-25/h6-12,15,17H,5,16H2,1-4H3. The van der Waals surface area contributed by atoms with Crippen LogP contribution in [0.5, 0.6) is 0 Å². The summed E-state index contributed by atoms with van der Waals surface area (Å²) in [5, 5.41) is 4.04. The lowest BCUT2D eigenvalue weighted by Gasteiger charge is -2.12. The van der Waals surface area contributed by atoms with Crippen LogP contribution in [0.1, 0.15) is 35.1 Å². The molecule has 0 aliphatic carbocycles. The van der Waals surface area contributed by atoms with Gasteiger partial charge in [0.1, 0.15) is 14.4 Å². The van der Waals surface area contributed by atoms with Gasteiger partial charge in [0.05, 0.1) is 23.6 Å². The third-order valence-electron chi connectivity index (χ3n) is 5.38. The van der Waals surface area contributed by atoms with Gasteiger partial charge < -0.3 is 4.52 Å². The maximum Gasteiger partial charge on any atom is 0.278 e.